The highest BCUT2D eigenvalue weighted by atomic mass is 19.1. The smallest absolute Gasteiger partial charge is 0.226 e. The van der Waals surface area contributed by atoms with Gasteiger partial charge in [-0.15, -0.1) is 0 Å². The summed E-state index contributed by atoms with van der Waals surface area (Å²) in [4.78, 5) is 6.67. The third kappa shape index (κ3) is 3.31. The van der Waals surface area contributed by atoms with Crippen molar-refractivity contribution in [1.29, 1.82) is 0 Å². The number of oxazole rings is 1. The molecule has 0 saturated heterocycles. The fraction of sp³-hybridized carbons (Fsp3) is 0.438. The second-order valence-corrected chi connectivity index (χ2v) is 5.71. The van der Waals surface area contributed by atoms with Crippen LogP contribution in [0.4, 0.5) is 4.39 Å². The van der Waals surface area contributed by atoms with E-state index in [1.165, 1.54) is 25.0 Å². The minimum absolute atomic E-state index is 0.290. The summed E-state index contributed by atoms with van der Waals surface area (Å²) in [5.74, 6) is 0.879. The molecule has 0 aliphatic heterocycles. The van der Waals surface area contributed by atoms with Crippen LogP contribution in [0.25, 0.3) is 11.5 Å². The second kappa shape index (κ2) is 5.95. The highest BCUT2D eigenvalue weighted by molar-refractivity contribution is 5.52. The lowest BCUT2D eigenvalue weighted by Crippen LogP contribution is -2.39. The molecule has 1 heterocycles. The van der Waals surface area contributed by atoms with E-state index in [1.54, 1.807) is 18.4 Å². The van der Waals surface area contributed by atoms with Crippen molar-refractivity contribution in [2.24, 2.45) is 11.7 Å². The summed E-state index contributed by atoms with van der Waals surface area (Å²) in [6, 6.07) is 6.67. The van der Waals surface area contributed by atoms with Gasteiger partial charge in [0.1, 0.15) is 12.1 Å². The Balaban J connectivity index is 1.70. The summed E-state index contributed by atoms with van der Waals surface area (Å²) in [5, 5.41) is 0. The molecule has 5 heteroatoms. The number of nitrogens with two attached hydrogens (primary N) is 1. The Bertz CT molecular complexity index is 609. The van der Waals surface area contributed by atoms with Crippen molar-refractivity contribution >= 4 is 0 Å². The molecule has 2 N–H and O–H groups in total. The van der Waals surface area contributed by atoms with Gasteiger partial charge in [0.05, 0.1) is 5.69 Å². The van der Waals surface area contributed by atoms with E-state index >= 15 is 0 Å². The molecule has 112 valence electrons. The molecule has 1 unspecified atom stereocenters. The Hall–Kier alpha value is -1.72. The van der Waals surface area contributed by atoms with Gasteiger partial charge < -0.3 is 10.2 Å². The highest BCUT2D eigenvalue weighted by Crippen LogP contribution is 2.35. The lowest BCUT2D eigenvalue weighted by atomic mass is 10.1. The molecule has 4 nitrogen and oxygen atoms in total. The molecule has 21 heavy (non-hydrogen) atoms. The summed E-state index contributed by atoms with van der Waals surface area (Å²) >= 11 is 0. The van der Waals surface area contributed by atoms with Crippen LogP contribution in [0.2, 0.25) is 0 Å². The van der Waals surface area contributed by atoms with Gasteiger partial charge in [-0.3, -0.25) is 4.90 Å². The third-order valence-corrected chi connectivity index (χ3v) is 4.01. The average Bonchev–Trinajstić information content (AvgIpc) is 3.18. The number of aromatic nitrogens is 1. The molecule has 1 fully saturated rings. The number of hydrogen-bond donors (Lipinski definition) is 1. The molecule has 1 aliphatic carbocycles. The van der Waals surface area contributed by atoms with E-state index < -0.39 is 0 Å². The van der Waals surface area contributed by atoms with Gasteiger partial charge in [0.2, 0.25) is 5.89 Å². The molecule has 1 aromatic heterocycles. The van der Waals surface area contributed by atoms with Crippen LogP contribution in [-0.4, -0.2) is 29.5 Å². The molecular weight excluding hydrogens is 269 g/mol. The van der Waals surface area contributed by atoms with E-state index in [2.05, 4.69) is 16.9 Å². The Kier molecular flexibility index (Phi) is 4.03. The van der Waals surface area contributed by atoms with Crippen LogP contribution >= 0.6 is 0 Å². The van der Waals surface area contributed by atoms with Crippen molar-refractivity contribution in [2.45, 2.75) is 25.4 Å². The van der Waals surface area contributed by atoms with E-state index in [1.807, 2.05) is 0 Å². The van der Waals surface area contributed by atoms with Gasteiger partial charge in [0.25, 0.3) is 0 Å². The molecule has 0 bridgehead atoms. The molecule has 0 spiro atoms. The zero-order valence-electron chi connectivity index (χ0n) is 12.1. The zero-order chi connectivity index (χ0) is 14.8. The van der Waals surface area contributed by atoms with Gasteiger partial charge in [-0.2, -0.15) is 0 Å². The lowest BCUT2D eigenvalue weighted by Gasteiger charge is -2.25. The van der Waals surface area contributed by atoms with Gasteiger partial charge >= 0.3 is 0 Å². The molecule has 1 aliphatic rings. The Labute approximate surface area is 123 Å². The van der Waals surface area contributed by atoms with Crippen LogP contribution in [-0.2, 0) is 6.54 Å². The summed E-state index contributed by atoms with van der Waals surface area (Å²) < 4.78 is 18.7. The van der Waals surface area contributed by atoms with Crippen molar-refractivity contribution in [3.63, 3.8) is 0 Å². The summed E-state index contributed by atoms with van der Waals surface area (Å²) in [6.45, 7) is 1.35. The van der Waals surface area contributed by atoms with Crippen molar-refractivity contribution in [3.8, 4) is 11.5 Å². The first-order valence-corrected chi connectivity index (χ1v) is 7.28. The van der Waals surface area contributed by atoms with Gasteiger partial charge in [-0.1, -0.05) is 6.07 Å². The second-order valence-electron chi connectivity index (χ2n) is 5.71. The monoisotopic (exact) mass is 289 g/mol. The summed E-state index contributed by atoms with van der Waals surface area (Å²) in [6.07, 6.45) is 4.16. The molecule has 0 radical (unpaired) electrons. The fourth-order valence-electron chi connectivity index (χ4n) is 2.72. The maximum atomic E-state index is 13.2. The Morgan fingerprint density at radius 2 is 2.29 bits per heavy atom. The molecule has 3 rings (SSSR count). The number of rotatable bonds is 6. The van der Waals surface area contributed by atoms with E-state index in [-0.39, 0.29) is 5.82 Å². The normalized spacial score (nSPS) is 16.4. The number of hydrogen-bond acceptors (Lipinski definition) is 4. The minimum Gasteiger partial charge on any atom is -0.444 e. The molecule has 1 atom stereocenters. The summed E-state index contributed by atoms with van der Waals surface area (Å²) in [5.41, 5.74) is 7.35. The van der Waals surface area contributed by atoms with Crippen LogP contribution in [0.3, 0.4) is 0 Å². The molecule has 2 aromatic rings. The van der Waals surface area contributed by atoms with E-state index in [9.17, 15) is 4.39 Å². The standard InChI is InChI=1S/C16H20FN3O/c1-20(15(8-18)11-5-6-11)9-14-10-21-16(19-14)12-3-2-4-13(17)7-12/h2-4,7,10-11,15H,5-6,8-9,18H2,1H3. The van der Waals surface area contributed by atoms with Crippen LogP contribution in [0.5, 0.6) is 0 Å². The number of benzene rings is 1. The van der Waals surface area contributed by atoms with Crippen molar-refractivity contribution in [3.05, 3.63) is 42.0 Å². The first-order valence-electron chi connectivity index (χ1n) is 7.28. The van der Waals surface area contributed by atoms with Crippen LogP contribution in [0, 0.1) is 11.7 Å². The molecular formula is C16H20FN3O. The maximum Gasteiger partial charge on any atom is 0.226 e. The lowest BCUT2D eigenvalue weighted by molar-refractivity contribution is 0.213. The topological polar surface area (TPSA) is 55.3 Å². The average molecular weight is 289 g/mol. The Morgan fingerprint density at radius 1 is 1.48 bits per heavy atom. The van der Waals surface area contributed by atoms with E-state index in [4.69, 9.17) is 10.2 Å². The molecule has 0 amide bonds. The Morgan fingerprint density at radius 3 is 2.95 bits per heavy atom. The number of nitrogens with zero attached hydrogens (tertiary/aromatic N) is 2. The maximum absolute atomic E-state index is 13.2. The van der Waals surface area contributed by atoms with E-state index in [0.717, 1.165) is 11.6 Å². The molecule has 1 saturated carbocycles. The summed E-state index contributed by atoms with van der Waals surface area (Å²) in [7, 11) is 2.06. The van der Waals surface area contributed by atoms with Gasteiger partial charge in [-0.05, 0) is 44.0 Å². The van der Waals surface area contributed by atoms with Gasteiger partial charge in [0.15, 0.2) is 0 Å². The highest BCUT2D eigenvalue weighted by Gasteiger charge is 2.33. The zero-order valence-corrected chi connectivity index (χ0v) is 12.1. The first-order chi connectivity index (χ1) is 10.2. The van der Waals surface area contributed by atoms with Crippen LogP contribution < -0.4 is 5.73 Å². The van der Waals surface area contributed by atoms with E-state index in [0.29, 0.717) is 30.6 Å². The van der Waals surface area contributed by atoms with Crippen LogP contribution in [0.15, 0.2) is 34.9 Å². The predicted molar refractivity (Wildman–Crippen MR) is 78.9 cm³/mol. The van der Waals surface area contributed by atoms with Gasteiger partial charge in [-0.25, -0.2) is 9.37 Å². The minimum atomic E-state index is -0.290. The number of likely N-dealkylation sites (N-methyl/N-ethyl adjacent to an activating group) is 1. The quantitative estimate of drug-likeness (QED) is 0.888. The molecule has 1 aromatic carbocycles. The van der Waals surface area contributed by atoms with Crippen molar-refractivity contribution in [1.82, 2.24) is 9.88 Å². The first kappa shape index (κ1) is 14.2. The fourth-order valence-corrected chi connectivity index (χ4v) is 2.72. The largest absolute Gasteiger partial charge is 0.444 e. The SMILES string of the molecule is CN(Cc1coc(-c2cccc(F)c2)n1)C(CN)C1CC1. The third-order valence-electron chi connectivity index (χ3n) is 4.01. The van der Waals surface area contributed by atoms with Gasteiger partial charge in [0, 0.05) is 24.7 Å². The van der Waals surface area contributed by atoms with Crippen molar-refractivity contribution in [2.75, 3.05) is 13.6 Å². The predicted octanol–water partition coefficient (Wildman–Crippen LogP) is 2.65. The van der Waals surface area contributed by atoms with Crippen molar-refractivity contribution < 1.29 is 8.81 Å². The number of halogens is 1. The van der Waals surface area contributed by atoms with Crippen LogP contribution in [0.1, 0.15) is 18.5 Å².